The van der Waals surface area contributed by atoms with Gasteiger partial charge in [-0.15, -0.1) is 0 Å². The zero-order valence-corrected chi connectivity index (χ0v) is 16.8. The third-order valence-corrected chi connectivity index (χ3v) is 6.70. The standard InChI is InChI=1S/C25H19N3O3/c1-14(29)22-20-21(23-19-9-5-4-8-17(19)13-26-28(22)23)25(31)27(24(20)30)18-11-10-15-6-2-3-7-16(15)12-18/h2-13,20-23H,1H3/t20-,21-,22-,23+/m0/s1. The number of hydrazone groups is 1. The van der Waals surface area contributed by atoms with E-state index in [0.29, 0.717) is 5.69 Å². The van der Waals surface area contributed by atoms with Crippen molar-refractivity contribution in [3.05, 3.63) is 77.9 Å². The summed E-state index contributed by atoms with van der Waals surface area (Å²) < 4.78 is 0. The van der Waals surface area contributed by atoms with Crippen LogP contribution in [0.2, 0.25) is 0 Å². The molecule has 4 atom stereocenters. The Hall–Kier alpha value is -3.80. The third-order valence-electron chi connectivity index (χ3n) is 6.70. The van der Waals surface area contributed by atoms with Crippen LogP contribution in [0.4, 0.5) is 5.69 Å². The Morgan fingerprint density at radius 2 is 1.58 bits per heavy atom. The van der Waals surface area contributed by atoms with Crippen molar-refractivity contribution < 1.29 is 14.4 Å². The van der Waals surface area contributed by atoms with Crippen LogP contribution in [-0.4, -0.2) is 34.9 Å². The van der Waals surface area contributed by atoms with Gasteiger partial charge < -0.3 is 0 Å². The van der Waals surface area contributed by atoms with E-state index in [1.165, 1.54) is 11.8 Å². The fourth-order valence-electron chi connectivity index (χ4n) is 5.39. The first-order chi connectivity index (χ1) is 15.1. The molecular formula is C25H19N3O3. The molecule has 0 unspecified atom stereocenters. The number of amides is 2. The lowest BCUT2D eigenvalue weighted by Crippen LogP contribution is -2.43. The summed E-state index contributed by atoms with van der Waals surface area (Å²) in [6.07, 6.45) is 1.71. The molecule has 3 aromatic carbocycles. The highest BCUT2D eigenvalue weighted by Crippen LogP contribution is 2.52. The molecule has 3 heterocycles. The lowest BCUT2D eigenvalue weighted by atomic mass is 9.84. The zero-order valence-electron chi connectivity index (χ0n) is 16.8. The van der Waals surface area contributed by atoms with Gasteiger partial charge >= 0.3 is 0 Å². The summed E-state index contributed by atoms with van der Waals surface area (Å²) in [4.78, 5) is 41.2. The first kappa shape index (κ1) is 18.0. The molecule has 0 spiro atoms. The highest BCUT2D eigenvalue weighted by Gasteiger charge is 2.64. The maximum absolute atomic E-state index is 13.7. The van der Waals surface area contributed by atoms with E-state index in [9.17, 15) is 14.4 Å². The number of benzene rings is 3. The molecule has 3 aliphatic rings. The van der Waals surface area contributed by atoms with Crippen molar-refractivity contribution in [2.24, 2.45) is 16.9 Å². The number of anilines is 1. The molecule has 152 valence electrons. The van der Waals surface area contributed by atoms with E-state index in [2.05, 4.69) is 5.10 Å². The first-order valence-electron chi connectivity index (χ1n) is 10.3. The van der Waals surface area contributed by atoms with Gasteiger partial charge in [-0.25, -0.2) is 4.90 Å². The number of nitrogens with zero attached hydrogens (tertiary/aromatic N) is 3. The minimum absolute atomic E-state index is 0.157. The molecule has 0 radical (unpaired) electrons. The lowest BCUT2D eigenvalue weighted by Gasteiger charge is -2.33. The number of carbonyl (C=O) groups is 3. The fourth-order valence-corrected chi connectivity index (χ4v) is 5.39. The molecule has 0 saturated carbocycles. The van der Waals surface area contributed by atoms with Gasteiger partial charge in [0.05, 0.1) is 29.8 Å². The minimum atomic E-state index is -0.749. The quantitative estimate of drug-likeness (QED) is 0.609. The van der Waals surface area contributed by atoms with Crippen LogP contribution in [0, 0.1) is 11.8 Å². The molecular weight excluding hydrogens is 390 g/mol. The van der Waals surface area contributed by atoms with Crippen molar-refractivity contribution in [3.63, 3.8) is 0 Å². The number of Topliss-reactive ketones (excluding diaryl/α,β-unsaturated/α-hetero) is 1. The maximum atomic E-state index is 13.7. The molecule has 2 amide bonds. The van der Waals surface area contributed by atoms with E-state index >= 15 is 0 Å². The molecule has 0 bridgehead atoms. The van der Waals surface area contributed by atoms with Gasteiger partial charge in [0.1, 0.15) is 6.04 Å². The van der Waals surface area contributed by atoms with Gasteiger partial charge in [-0.05, 0) is 41.0 Å². The van der Waals surface area contributed by atoms with E-state index in [4.69, 9.17) is 0 Å². The summed E-state index contributed by atoms with van der Waals surface area (Å²) >= 11 is 0. The highest BCUT2D eigenvalue weighted by molar-refractivity contribution is 6.24. The monoisotopic (exact) mass is 409 g/mol. The zero-order chi connectivity index (χ0) is 21.3. The third kappa shape index (κ3) is 2.39. The number of rotatable bonds is 2. The summed E-state index contributed by atoms with van der Waals surface area (Å²) in [5, 5.41) is 8.15. The Morgan fingerprint density at radius 1 is 0.871 bits per heavy atom. The number of fused-ring (bicyclic) bond motifs is 6. The van der Waals surface area contributed by atoms with Gasteiger partial charge in [0.2, 0.25) is 11.8 Å². The number of hydrogen-bond acceptors (Lipinski definition) is 5. The summed E-state index contributed by atoms with van der Waals surface area (Å²) in [6.45, 7) is 1.47. The van der Waals surface area contributed by atoms with Crippen molar-refractivity contribution in [3.8, 4) is 0 Å². The molecule has 2 fully saturated rings. The van der Waals surface area contributed by atoms with Gasteiger partial charge in [-0.3, -0.25) is 19.4 Å². The Bertz CT molecular complexity index is 1310. The predicted molar refractivity (Wildman–Crippen MR) is 117 cm³/mol. The largest absolute Gasteiger partial charge is 0.298 e. The van der Waals surface area contributed by atoms with E-state index in [1.54, 1.807) is 17.3 Å². The molecule has 6 rings (SSSR count). The molecule has 0 aromatic heterocycles. The fraction of sp³-hybridized carbons (Fsp3) is 0.200. The molecule has 0 N–H and O–H groups in total. The average Bonchev–Trinajstić information content (AvgIpc) is 3.26. The van der Waals surface area contributed by atoms with Crippen LogP contribution >= 0.6 is 0 Å². The number of ketones is 1. The van der Waals surface area contributed by atoms with E-state index in [0.717, 1.165) is 21.9 Å². The van der Waals surface area contributed by atoms with E-state index in [-0.39, 0.29) is 17.6 Å². The molecule has 0 aliphatic carbocycles. The van der Waals surface area contributed by atoms with Crippen LogP contribution in [0.25, 0.3) is 10.8 Å². The van der Waals surface area contributed by atoms with Crippen molar-refractivity contribution in [1.82, 2.24) is 5.01 Å². The van der Waals surface area contributed by atoms with Crippen molar-refractivity contribution in [2.45, 2.75) is 19.0 Å². The maximum Gasteiger partial charge on any atom is 0.240 e. The van der Waals surface area contributed by atoms with Gasteiger partial charge in [0, 0.05) is 0 Å². The normalized spacial score (nSPS) is 26.2. The smallest absolute Gasteiger partial charge is 0.240 e. The lowest BCUT2D eigenvalue weighted by molar-refractivity contribution is -0.129. The summed E-state index contributed by atoms with van der Waals surface area (Å²) in [5.74, 6) is -2.14. The molecule has 31 heavy (non-hydrogen) atoms. The summed E-state index contributed by atoms with van der Waals surface area (Å²) in [6, 6.07) is 19.9. The minimum Gasteiger partial charge on any atom is -0.298 e. The highest BCUT2D eigenvalue weighted by atomic mass is 16.2. The van der Waals surface area contributed by atoms with Crippen molar-refractivity contribution in [1.29, 1.82) is 0 Å². The van der Waals surface area contributed by atoms with Crippen LogP contribution < -0.4 is 4.90 Å². The average molecular weight is 409 g/mol. The van der Waals surface area contributed by atoms with E-state index in [1.807, 2.05) is 60.7 Å². The topological polar surface area (TPSA) is 70.0 Å². The van der Waals surface area contributed by atoms with Crippen LogP contribution in [0.5, 0.6) is 0 Å². The van der Waals surface area contributed by atoms with E-state index < -0.39 is 23.9 Å². The molecule has 6 nitrogen and oxygen atoms in total. The Morgan fingerprint density at radius 3 is 2.39 bits per heavy atom. The number of carbonyl (C=O) groups excluding carboxylic acids is 3. The number of hydrogen-bond donors (Lipinski definition) is 0. The Kier molecular flexibility index (Phi) is 3.69. The van der Waals surface area contributed by atoms with Gasteiger partial charge in [0.25, 0.3) is 0 Å². The summed E-state index contributed by atoms with van der Waals surface area (Å²) in [7, 11) is 0. The predicted octanol–water partition coefficient (Wildman–Crippen LogP) is 3.31. The summed E-state index contributed by atoms with van der Waals surface area (Å²) in [5.41, 5.74) is 2.39. The Balaban J connectivity index is 1.49. The number of imide groups is 1. The molecule has 2 saturated heterocycles. The second kappa shape index (κ2) is 6.35. The molecule has 3 aliphatic heterocycles. The van der Waals surface area contributed by atoms with Crippen LogP contribution in [-0.2, 0) is 14.4 Å². The van der Waals surface area contributed by atoms with Crippen molar-refractivity contribution >= 4 is 40.3 Å². The van der Waals surface area contributed by atoms with Crippen LogP contribution in [0.1, 0.15) is 24.1 Å². The molecule has 6 heteroatoms. The SMILES string of the molecule is CC(=O)[C@H]1[C@H]2C(=O)N(c3ccc4ccccc4c3)C(=O)[C@@H]2[C@H]2c3ccccc3C=NN21. The van der Waals surface area contributed by atoms with Crippen molar-refractivity contribution in [2.75, 3.05) is 4.90 Å². The van der Waals surface area contributed by atoms with Crippen LogP contribution in [0.15, 0.2) is 71.8 Å². The second-order valence-electron chi connectivity index (χ2n) is 8.35. The van der Waals surface area contributed by atoms with Gasteiger partial charge in [0.15, 0.2) is 5.78 Å². The van der Waals surface area contributed by atoms with Gasteiger partial charge in [-0.1, -0.05) is 54.6 Å². The Labute approximate surface area is 178 Å². The van der Waals surface area contributed by atoms with Crippen LogP contribution in [0.3, 0.4) is 0 Å². The van der Waals surface area contributed by atoms with Gasteiger partial charge in [-0.2, -0.15) is 5.10 Å². The molecule has 3 aromatic rings. The second-order valence-corrected chi connectivity index (χ2v) is 8.35. The first-order valence-corrected chi connectivity index (χ1v) is 10.3.